The van der Waals surface area contributed by atoms with Crippen molar-refractivity contribution in [2.75, 3.05) is 0 Å². The predicted octanol–water partition coefficient (Wildman–Crippen LogP) is 2.99. The zero-order valence-electron chi connectivity index (χ0n) is 12.2. The number of hydrogen-bond acceptors (Lipinski definition) is 2. The Balaban J connectivity index is 2.72. The van der Waals surface area contributed by atoms with E-state index in [1.807, 2.05) is 24.3 Å². The highest BCUT2D eigenvalue weighted by molar-refractivity contribution is 5.78. The average molecular weight is 278 g/mol. The summed E-state index contributed by atoms with van der Waals surface area (Å²) in [5.74, 6) is -3.02. The van der Waals surface area contributed by atoms with Crippen molar-refractivity contribution in [3.8, 4) is 0 Å². The van der Waals surface area contributed by atoms with Crippen LogP contribution in [0.1, 0.15) is 38.3 Å². The Morgan fingerprint density at radius 3 is 1.95 bits per heavy atom. The lowest BCUT2D eigenvalue weighted by atomic mass is 9.87. The Kier molecular flexibility index (Phi) is 5.31. The molecule has 0 bridgehead atoms. The summed E-state index contributed by atoms with van der Waals surface area (Å²) < 4.78 is 0. The van der Waals surface area contributed by atoms with E-state index in [0.29, 0.717) is 0 Å². The smallest absolute Gasteiger partial charge is 0.307 e. The van der Waals surface area contributed by atoms with Crippen LogP contribution >= 0.6 is 0 Å². The van der Waals surface area contributed by atoms with Gasteiger partial charge < -0.3 is 10.2 Å². The van der Waals surface area contributed by atoms with Crippen LogP contribution in [0, 0.1) is 11.3 Å². The Morgan fingerprint density at radius 2 is 1.55 bits per heavy atom. The molecule has 0 saturated carbocycles. The fraction of sp³-hybridized carbons (Fsp3) is 0.500. The van der Waals surface area contributed by atoms with Crippen molar-refractivity contribution < 1.29 is 19.8 Å². The van der Waals surface area contributed by atoms with Crippen LogP contribution in [0.2, 0.25) is 0 Å². The maximum absolute atomic E-state index is 11.0. The topological polar surface area (TPSA) is 74.6 Å². The first-order chi connectivity index (χ1) is 9.17. The maximum Gasteiger partial charge on any atom is 0.307 e. The molecule has 2 N–H and O–H groups in total. The Morgan fingerprint density at radius 1 is 1.05 bits per heavy atom. The quantitative estimate of drug-likeness (QED) is 0.838. The first kappa shape index (κ1) is 16.2. The van der Waals surface area contributed by atoms with Gasteiger partial charge in [0, 0.05) is 0 Å². The molecule has 0 heterocycles. The normalized spacial score (nSPS) is 12.9. The summed E-state index contributed by atoms with van der Waals surface area (Å²) in [6.45, 7) is 6.48. The van der Waals surface area contributed by atoms with Crippen LogP contribution in [-0.4, -0.2) is 22.2 Å². The standard InChI is InChI=1S/C16H22O4/c1-16(2,3)10-12-6-4-11(5-7-12)8-13(15(19)20)9-14(17)18/h4-7,13H,8-10H2,1-3H3,(H,17,18)(H,19,20)/t13-/m1/s1. The van der Waals surface area contributed by atoms with E-state index in [4.69, 9.17) is 10.2 Å². The summed E-state index contributed by atoms with van der Waals surface area (Å²) >= 11 is 0. The third-order valence-electron chi connectivity index (χ3n) is 3.01. The zero-order valence-corrected chi connectivity index (χ0v) is 12.2. The number of carboxylic acids is 2. The van der Waals surface area contributed by atoms with E-state index in [2.05, 4.69) is 20.8 Å². The molecular formula is C16H22O4. The highest BCUT2D eigenvalue weighted by Gasteiger charge is 2.21. The van der Waals surface area contributed by atoms with Gasteiger partial charge in [0.05, 0.1) is 12.3 Å². The molecule has 1 aromatic rings. The first-order valence-electron chi connectivity index (χ1n) is 6.70. The molecule has 0 radical (unpaired) electrons. The minimum Gasteiger partial charge on any atom is -0.481 e. The van der Waals surface area contributed by atoms with Crippen LogP contribution in [0.25, 0.3) is 0 Å². The highest BCUT2D eigenvalue weighted by atomic mass is 16.4. The van der Waals surface area contributed by atoms with Gasteiger partial charge in [-0.05, 0) is 29.4 Å². The summed E-state index contributed by atoms with van der Waals surface area (Å²) in [5, 5.41) is 17.7. The molecule has 0 fully saturated rings. The van der Waals surface area contributed by atoms with Gasteiger partial charge in [0.2, 0.25) is 0 Å². The monoisotopic (exact) mass is 278 g/mol. The van der Waals surface area contributed by atoms with E-state index in [1.165, 1.54) is 5.56 Å². The Hall–Kier alpha value is -1.84. The molecule has 4 nitrogen and oxygen atoms in total. The molecule has 0 amide bonds. The molecule has 0 aliphatic carbocycles. The molecule has 110 valence electrons. The fourth-order valence-electron chi connectivity index (χ4n) is 2.15. The van der Waals surface area contributed by atoms with Gasteiger partial charge in [-0.1, -0.05) is 45.0 Å². The molecule has 0 spiro atoms. The molecule has 0 saturated heterocycles. The van der Waals surface area contributed by atoms with Crippen LogP contribution in [0.4, 0.5) is 0 Å². The molecule has 1 rings (SSSR count). The lowest BCUT2D eigenvalue weighted by Crippen LogP contribution is -2.20. The third-order valence-corrected chi connectivity index (χ3v) is 3.01. The largest absolute Gasteiger partial charge is 0.481 e. The van der Waals surface area contributed by atoms with E-state index in [9.17, 15) is 9.59 Å². The number of benzene rings is 1. The van der Waals surface area contributed by atoms with Crippen LogP contribution < -0.4 is 0 Å². The summed E-state index contributed by atoms with van der Waals surface area (Å²) in [6.07, 6.45) is 0.848. The number of aliphatic carboxylic acids is 2. The van der Waals surface area contributed by atoms with Gasteiger partial charge in [0.15, 0.2) is 0 Å². The number of hydrogen-bond donors (Lipinski definition) is 2. The number of rotatable bonds is 6. The van der Waals surface area contributed by atoms with Crippen molar-refractivity contribution in [3.05, 3.63) is 35.4 Å². The van der Waals surface area contributed by atoms with Crippen molar-refractivity contribution in [2.45, 2.75) is 40.0 Å². The maximum atomic E-state index is 11.0. The average Bonchev–Trinajstić information content (AvgIpc) is 2.28. The van der Waals surface area contributed by atoms with Gasteiger partial charge in [-0.25, -0.2) is 0 Å². The van der Waals surface area contributed by atoms with Crippen molar-refractivity contribution in [1.29, 1.82) is 0 Å². The van der Waals surface area contributed by atoms with Crippen LogP contribution in [0.15, 0.2) is 24.3 Å². The molecule has 0 unspecified atom stereocenters. The number of carbonyl (C=O) groups is 2. The van der Waals surface area contributed by atoms with Gasteiger partial charge in [-0.2, -0.15) is 0 Å². The fourth-order valence-corrected chi connectivity index (χ4v) is 2.15. The summed E-state index contributed by atoms with van der Waals surface area (Å²) in [4.78, 5) is 21.7. The molecular weight excluding hydrogens is 256 g/mol. The van der Waals surface area contributed by atoms with Crippen molar-refractivity contribution in [2.24, 2.45) is 11.3 Å². The first-order valence-corrected chi connectivity index (χ1v) is 6.70. The van der Waals surface area contributed by atoms with Gasteiger partial charge in [0.25, 0.3) is 0 Å². The SMILES string of the molecule is CC(C)(C)Cc1ccc(C[C@H](CC(=O)O)C(=O)O)cc1. The second-order valence-electron chi connectivity index (χ2n) is 6.39. The van der Waals surface area contributed by atoms with E-state index in [1.54, 1.807) is 0 Å². The molecule has 20 heavy (non-hydrogen) atoms. The predicted molar refractivity (Wildman–Crippen MR) is 76.7 cm³/mol. The lowest BCUT2D eigenvalue weighted by molar-refractivity contribution is -0.148. The van der Waals surface area contributed by atoms with E-state index < -0.39 is 17.9 Å². The minimum atomic E-state index is -1.08. The number of carboxylic acid groups (broad SMARTS) is 2. The molecule has 0 aliphatic heterocycles. The molecule has 1 atom stereocenters. The van der Waals surface area contributed by atoms with Gasteiger partial charge in [-0.3, -0.25) is 9.59 Å². The second kappa shape index (κ2) is 6.55. The van der Waals surface area contributed by atoms with Crippen LogP contribution in [0.3, 0.4) is 0 Å². The Bertz CT molecular complexity index is 468. The van der Waals surface area contributed by atoms with E-state index in [-0.39, 0.29) is 18.3 Å². The zero-order chi connectivity index (χ0) is 15.3. The Labute approximate surface area is 119 Å². The van der Waals surface area contributed by atoms with Gasteiger partial charge in [-0.15, -0.1) is 0 Å². The third kappa shape index (κ3) is 5.87. The van der Waals surface area contributed by atoms with E-state index >= 15 is 0 Å². The minimum absolute atomic E-state index is 0.203. The lowest BCUT2D eigenvalue weighted by Gasteiger charge is -2.18. The van der Waals surface area contributed by atoms with Gasteiger partial charge in [0.1, 0.15) is 0 Å². The summed E-state index contributed by atoms with van der Waals surface area (Å²) in [6, 6.07) is 7.75. The molecule has 4 heteroatoms. The van der Waals surface area contributed by atoms with Crippen molar-refractivity contribution in [3.63, 3.8) is 0 Å². The van der Waals surface area contributed by atoms with Gasteiger partial charge >= 0.3 is 11.9 Å². The van der Waals surface area contributed by atoms with Crippen molar-refractivity contribution >= 4 is 11.9 Å². The summed E-state index contributed by atoms with van der Waals surface area (Å²) in [5.41, 5.74) is 2.26. The second-order valence-corrected chi connectivity index (χ2v) is 6.39. The van der Waals surface area contributed by atoms with Crippen molar-refractivity contribution in [1.82, 2.24) is 0 Å². The van der Waals surface area contributed by atoms with Crippen LogP contribution in [0.5, 0.6) is 0 Å². The summed E-state index contributed by atoms with van der Waals surface area (Å²) in [7, 11) is 0. The van der Waals surface area contributed by atoms with E-state index in [0.717, 1.165) is 12.0 Å². The molecule has 0 aliphatic rings. The molecule has 1 aromatic carbocycles. The highest BCUT2D eigenvalue weighted by Crippen LogP contribution is 2.21. The van der Waals surface area contributed by atoms with Crippen LogP contribution in [-0.2, 0) is 22.4 Å². The molecule has 0 aromatic heterocycles.